The number of hydrogen-bond donors (Lipinski definition) is 2. The Morgan fingerprint density at radius 1 is 1.38 bits per heavy atom. The third-order valence-corrected chi connectivity index (χ3v) is 5.17. The fourth-order valence-corrected chi connectivity index (χ4v) is 4.00. The molecule has 0 atom stereocenters. The highest BCUT2D eigenvalue weighted by atomic mass is 32.2. The first-order valence-corrected chi connectivity index (χ1v) is 8.25. The molecule has 21 heavy (non-hydrogen) atoms. The average molecular weight is 310 g/mol. The molecule has 2 N–H and O–H groups in total. The van der Waals surface area contributed by atoms with Crippen molar-refractivity contribution in [1.29, 1.82) is 0 Å². The molecule has 0 bridgehead atoms. The second-order valence-electron chi connectivity index (χ2n) is 4.76. The Bertz CT molecular complexity index is 667. The van der Waals surface area contributed by atoms with Crippen LogP contribution in [0.2, 0.25) is 0 Å². The van der Waals surface area contributed by atoms with Crippen LogP contribution in [0, 0.1) is 0 Å². The molecular weight excluding hydrogens is 292 g/mol. The molecule has 0 spiro atoms. The smallest absolute Gasteiger partial charge is 0.247 e. The predicted octanol–water partition coefficient (Wildman–Crippen LogP) is 1.82. The van der Waals surface area contributed by atoms with E-state index in [0.717, 1.165) is 12.8 Å². The van der Waals surface area contributed by atoms with Crippen LogP contribution in [0.5, 0.6) is 0 Å². The molecular formula is C14H18N2O4S. The van der Waals surface area contributed by atoms with Crippen LogP contribution < -0.4 is 10.4 Å². The summed E-state index contributed by atoms with van der Waals surface area (Å²) in [5, 5.41) is 8.64. The maximum atomic E-state index is 12.6. The lowest BCUT2D eigenvalue weighted by atomic mass is 10.2. The van der Waals surface area contributed by atoms with Gasteiger partial charge in [0.05, 0.1) is 10.6 Å². The Labute approximate surface area is 124 Å². The molecule has 0 fully saturated rings. The number of sulfone groups is 1. The van der Waals surface area contributed by atoms with E-state index in [1.807, 2.05) is 6.92 Å². The van der Waals surface area contributed by atoms with Gasteiger partial charge in [-0.3, -0.25) is 10.0 Å². The van der Waals surface area contributed by atoms with Crippen LogP contribution in [0.4, 0.5) is 5.69 Å². The van der Waals surface area contributed by atoms with Crippen molar-refractivity contribution in [3.05, 3.63) is 35.4 Å². The van der Waals surface area contributed by atoms with Gasteiger partial charge in [0.2, 0.25) is 15.7 Å². The van der Waals surface area contributed by atoms with E-state index in [9.17, 15) is 13.2 Å². The molecule has 2 rings (SSSR count). The van der Waals surface area contributed by atoms with E-state index in [1.54, 1.807) is 29.2 Å². The van der Waals surface area contributed by atoms with E-state index in [0.29, 0.717) is 12.2 Å². The number of hydroxylamine groups is 1. The molecule has 0 saturated heterocycles. The summed E-state index contributed by atoms with van der Waals surface area (Å²) in [5.41, 5.74) is 2.14. The zero-order chi connectivity index (χ0) is 15.5. The fraction of sp³-hybridized carbons (Fsp3) is 0.357. The third-order valence-electron chi connectivity index (χ3n) is 3.31. The topological polar surface area (TPSA) is 86.7 Å². The van der Waals surface area contributed by atoms with Gasteiger partial charge in [0, 0.05) is 13.0 Å². The third kappa shape index (κ3) is 2.93. The first-order valence-electron chi connectivity index (χ1n) is 6.77. The summed E-state index contributed by atoms with van der Waals surface area (Å²) >= 11 is 0. The summed E-state index contributed by atoms with van der Waals surface area (Å²) < 4.78 is 25.1. The maximum absolute atomic E-state index is 12.6. The Morgan fingerprint density at radius 2 is 2.10 bits per heavy atom. The molecule has 1 aliphatic heterocycles. The van der Waals surface area contributed by atoms with E-state index < -0.39 is 15.7 Å². The largest absolute Gasteiger partial charge is 0.331 e. The van der Waals surface area contributed by atoms with Crippen molar-refractivity contribution in [3.63, 3.8) is 0 Å². The molecule has 0 saturated carbocycles. The lowest BCUT2D eigenvalue weighted by molar-refractivity contribution is -0.128. The lowest BCUT2D eigenvalue weighted by Gasteiger charge is -2.19. The molecule has 1 amide bonds. The second kappa shape index (κ2) is 6.28. The number of carbonyl (C=O) groups is 1. The van der Waals surface area contributed by atoms with Gasteiger partial charge in [-0.15, -0.1) is 0 Å². The van der Waals surface area contributed by atoms with Gasteiger partial charge >= 0.3 is 0 Å². The van der Waals surface area contributed by atoms with Gasteiger partial charge in [-0.25, -0.2) is 13.9 Å². The Balaban J connectivity index is 2.44. The predicted molar refractivity (Wildman–Crippen MR) is 78.5 cm³/mol. The second-order valence-corrected chi connectivity index (χ2v) is 6.62. The highest BCUT2D eigenvalue weighted by Crippen LogP contribution is 2.40. The van der Waals surface area contributed by atoms with Crippen molar-refractivity contribution in [2.45, 2.75) is 31.1 Å². The number of anilines is 1. The molecule has 7 heteroatoms. The van der Waals surface area contributed by atoms with E-state index in [4.69, 9.17) is 5.21 Å². The average Bonchev–Trinajstić information content (AvgIpc) is 2.70. The molecule has 0 aliphatic carbocycles. The first kappa shape index (κ1) is 15.5. The van der Waals surface area contributed by atoms with Crippen molar-refractivity contribution >= 4 is 21.4 Å². The molecule has 0 radical (unpaired) electrons. The number of hydrogen-bond acceptors (Lipinski definition) is 5. The Morgan fingerprint density at radius 3 is 2.76 bits per heavy atom. The van der Waals surface area contributed by atoms with Crippen molar-refractivity contribution in [2.24, 2.45) is 0 Å². The summed E-state index contributed by atoms with van der Waals surface area (Å²) in [6.07, 6.45) is 2.93. The number of amides is 1. The molecule has 1 aromatic rings. The number of benzene rings is 1. The monoisotopic (exact) mass is 310 g/mol. The van der Waals surface area contributed by atoms with Crippen LogP contribution in [0.3, 0.4) is 0 Å². The van der Waals surface area contributed by atoms with Gasteiger partial charge in [-0.2, -0.15) is 0 Å². The van der Waals surface area contributed by atoms with Crippen molar-refractivity contribution < 1.29 is 18.4 Å². The Hall–Kier alpha value is -1.86. The van der Waals surface area contributed by atoms with Crippen LogP contribution >= 0.6 is 0 Å². The maximum Gasteiger partial charge on any atom is 0.247 e. The number of unbranched alkanes of at least 4 members (excludes halogenated alkanes) is 1. The molecule has 1 heterocycles. The number of para-hydroxylation sites is 1. The summed E-state index contributed by atoms with van der Waals surface area (Å²) in [5.74, 6) is -0.649. The zero-order valence-corrected chi connectivity index (χ0v) is 12.6. The number of nitrogens with one attached hydrogen (secondary N) is 1. The number of nitrogens with zero attached hydrogens (tertiary/aromatic N) is 1. The molecule has 0 aromatic heterocycles. The minimum Gasteiger partial charge on any atom is -0.331 e. The van der Waals surface area contributed by atoms with Gasteiger partial charge in [0.15, 0.2) is 0 Å². The van der Waals surface area contributed by atoms with Crippen LogP contribution in [0.1, 0.15) is 26.2 Å². The van der Waals surface area contributed by atoms with E-state index in [-0.39, 0.29) is 16.3 Å². The highest BCUT2D eigenvalue weighted by Gasteiger charge is 2.37. The van der Waals surface area contributed by atoms with Gasteiger partial charge in [0.1, 0.15) is 5.03 Å². The molecule has 0 unspecified atom stereocenters. The van der Waals surface area contributed by atoms with Gasteiger partial charge in [0.25, 0.3) is 0 Å². The van der Waals surface area contributed by atoms with E-state index in [1.165, 1.54) is 11.6 Å². The van der Waals surface area contributed by atoms with Gasteiger partial charge in [-0.1, -0.05) is 25.5 Å². The van der Waals surface area contributed by atoms with E-state index in [2.05, 4.69) is 0 Å². The zero-order valence-electron chi connectivity index (χ0n) is 11.7. The summed E-state index contributed by atoms with van der Waals surface area (Å²) in [4.78, 5) is 13.1. The quantitative estimate of drug-likeness (QED) is 0.640. The van der Waals surface area contributed by atoms with Crippen LogP contribution in [0.25, 0.3) is 0 Å². The normalized spacial score (nSPS) is 17.8. The summed E-state index contributed by atoms with van der Waals surface area (Å²) in [7, 11) is -3.60. The summed E-state index contributed by atoms with van der Waals surface area (Å²) in [6.45, 7) is 2.60. The van der Waals surface area contributed by atoms with Crippen molar-refractivity contribution in [1.82, 2.24) is 5.48 Å². The van der Waals surface area contributed by atoms with Crippen LogP contribution in [0.15, 0.2) is 40.3 Å². The van der Waals surface area contributed by atoms with Gasteiger partial charge < -0.3 is 4.90 Å². The number of carbonyl (C=O) groups excluding carboxylic acids is 1. The Kier molecular flexibility index (Phi) is 4.64. The van der Waals surface area contributed by atoms with Crippen molar-refractivity contribution in [3.8, 4) is 0 Å². The van der Waals surface area contributed by atoms with Gasteiger partial charge in [-0.05, 0) is 24.6 Å². The van der Waals surface area contributed by atoms with Crippen LogP contribution in [-0.2, 0) is 14.6 Å². The molecule has 6 nitrogen and oxygen atoms in total. The molecule has 1 aliphatic rings. The van der Waals surface area contributed by atoms with Crippen LogP contribution in [-0.4, -0.2) is 26.1 Å². The van der Waals surface area contributed by atoms with Crippen molar-refractivity contribution in [2.75, 3.05) is 11.4 Å². The molecule has 1 aromatic carbocycles. The molecule has 114 valence electrons. The summed E-state index contributed by atoms with van der Waals surface area (Å²) in [6, 6.07) is 6.79. The fourth-order valence-electron chi connectivity index (χ4n) is 2.28. The highest BCUT2D eigenvalue weighted by molar-refractivity contribution is 7.96. The number of fused-ring (bicyclic) bond motifs is 1. The minimum atomic E-state index is -3.60. The standard InChI is InChI=1S/C14H18N2O4S/c1-2-3-10-16-11-6-4-5-7-12(11)21(19,20)14(16)9-8-13(17)15-18/h4-7,9,18H,2-3,8,10H2,1H3,(H,15,17)/b14-9+. The first-order chi connectivity index (χ1) is 10.0. The minimum absolute atomic E-state index is 0.112. The SMILES string of the molecule is CCCCN1/C(=C\CC(=O)NO)S(=O)(=O)c2ccccc21. The number of rotatable bonds is 5. The lowest BCUT2D eigenvalue weighted by Crippen LogP contribution is -2.23. The van der Waals surface area contributed by atoms with E-state index >= 15 is 0 Å².